The number of nitrogens with zero attached hydrogens (tertiary/aromatic N) is 1. The highest BCUT2D eigenvalue weighted by atomic mass is 16.7. The predicted octanol–water partition coefficient (Wildman–Crippen LogP) is -1.85. The molecule has 0 spiro atoms. The van der Waals surface area contributed by atoms with E-state index in [0.717, 1.165) is 0 Å². The van der Waals surface area contributed by atoms with Gasteiger partial charge in [-0.25, -0.2) is 10.1 Å². The first-order chi connectivity index (χ1) is 7.47. The van der Waals surface area contributed by atoms with Gasteiger partial charge in [0.2, 0.25) is 5.91 Å². The SMILES string of the molecule is CNC(=O)[C@H](CCCNC(=N)N)N[N+](=O)[O-]. The highest BCUT2D eigenvalue weighted by Gasteiger charge is 2.20. The zero-order chi connectivity index (χ0) is 12.6. The fraction of sp³-hybridized carbons (Fsp3) is 0.714. The molecule has 0 aliphatic carbocycles. The van der Waals surface area contributed by atoms with E-state index in [4.69, 9.17) is 11.1 Å². The third-order valence-corrected chi connectivity index (χ3v) is 1.81. The Morgan fingerprint density at radius 3 is 2.69 bits per heavy atom. The molecule has 6 N–H and O–H groups in total. The standard InChI is InChI=1S/C7H16N6O3/c1-10-6(14)5(12-13(15)16)3-2-4-11-7(8)9/h5,12H,2-4H2,1H3,(H,10,14)(H4,8,9,11)/t5-/m0/s1. The van der Waals surface area contributed by atoms with Gasteiger partial charge < -0.3 is 16.4 Å². The van der Waals surface area contributed by atoms with Gasteiger partial charge in [0, 0.05) is 13.6 Å². The first-order valence-electron chi connectivity index (χ1n) is 4.67. The monoisotopic (exact) mass is 232 g/mol. The van der Waals surface area contributed by atoms with Gasteiger partial charge in [-0.1, -0.05) is 0 Å². The lowest BCUT2D eigenvalue weighted by Gasteiger charge is -2.12. The molecule has 1 atom stereocenters. The number of hydrazine groups is 1. The van der Waals surface area contributed by atoms with Crippen LogP contribution in [0.2, 0.25) is 0 Å². The van der Waals surface area contributed by atoms with Crippen molar-refractivity contribution in [1.29, 1.82) is 5.41 Å². The van der Waals surface area contributed by atoms with E-state index in [1.54, 1.807) is 0 Å². The predicted molar refractivity (Wildman–Crippen MR) is 57.1 cm³/mol. The number of likely N-dealkylation sites (N-methyl/N-ethyl adjacent to an activating group) is 1. The number of nitrogens with two attached hydrogens (primary N) is 1. The van der Waals surface area contributed by atoms with E-state index >= 15 is 0 Å². The van der Waals surface area contributed by atoms with Crippen molar-refractivity contribution in [2.24, 2.45) is 5.73 Å². The second-order valence-corrected chi connectivity index (χ2v) is 3.04. The van der Waals surface area contributed by atoms with E-state index < -0.39 is 17.0 Å². The Morgan fingerprint density at radius 2 is 2.25 bits per heavy atom. The molecule has 9 nitrogen and oxygen atoms in total. The third-order valence-electron chi connectivity index (χ3n) is 1.81. The molecule has 0 fully saturated rings. The first kappa shape index (κ1) is 13.9. The van der Waals surface area contributed by atoms with Gasteiger partial charge in [-0.15, -0.1) is 5.43 Å². The smallest absolute Gasteiger partial charge is 0.248 e. The van der Waals surface area contributed by atoms with Crippen molar-refractivity contribution in [3.8, 4) is 0 Å². The van der Waals surface area contributed by atoms with Crippen molar-refractivity contribution in [3.05, 3.63) is 10.1 Å². The van der Waals surface area contributed by atoms with E-state index in [-0.39, 0.29) is 12.4 Å². The number of amides is 1. The molecule has 0 saturated carbocycles. The largest absolute Gasteiger partial charge is 0.370 e. The Kier molecular flexibility index (Phi) is 6.33. The van der Waals surface area contributed by atoms with Crippen LogP contribution in [-0.4, -0.2) is 36.5 Å². The molecule has 9 heteroatoms. The molecule has 92 valence electrons. The number of nitrogens with one attached hydrogen (secondary N) is 4. The number of hydrogen-bond acceptors (Lipinski definition) is 4. The van der Waals surface area contributed by atoms with Gasteiger partial charge in [0.25, 0.3) is 0 Å². The van der Waals surface area contributed by atoms with Gasteiger partial charge >= 0.3 is 0 Å². The highest BCUT2D eigenvalue weighted by Crippen LogP contribution is 1.96. The van der Waals surface area contributed by atoms with Crippen molar-refractivity contribution in [2.75, 3.05) is 13.6 Å². The van der Waals surface area contributed by atoms with Crippen molar-refractivity contribution >= 4 is 11.9 Å². The number of nitro groups is 1. The van der Waals surface area contributed by atoms with Crippen LogP contribution >= 0.6 is 0 Å². The Morgan fingerprint density at radius 1 is 1.62 bits per heavy atom. The van der Waals surface area contributed by atoms with Crippen LogP contribution in [-0.2, 0) is 4.79 Å². The van der Waals surface area contributed by atoms with Crippen LogP contribution in [0.3, 0.4) is 0 Å². The van der Waals surface area contributed by atoms with Crippen molar-refractivity contribution < 1.29 is 9.83 Å². The summed E-state index contributed by atoms with van der Waals surface area (Å²) in [5.74, 6) is -0.613. The van der Waals surface area contributed by atoms with Gasteiger partial charge in [0.05, 0.1) is 0 Å². The van der Waals surface area contributed by atoms with Crippen LogP contribution in [0.15, 0.2) is 0 Å². The van der Waals surface area contributed by atoms with Crippen molar-refractivity contribution in [3.63, 3.8) is 0 Å². The summed E-state index contributed by atoms with van der Waals surface area (Å²) in [4.78, 5) is 21.4. The van der Waals surface area contributed by atoms with E-state index in [1.807, 2.05) is 5.43 Å². The topological polar surface area (TPSA) is 146 Å². The molecule has 1 amide bonds. The Bertz CT molecular complexity index is 269. The lowest BCUT2D eigenvalue weighted by atomic mass is 10.1. The molecule has 0 aromatic carbocycles. The van der Waals surface area contributed by atoms with Crippen molar-refractivity contribution in [2.45, 2.75) is 18.9 Å². The van der Waals surface area contributed by atoms with E-state index in [9.17, 15) is 14.9 Å². The average molecular weight is 232 g/mol. The molecule has 0 aliphatic heterocycles. The van der Waals surface area contributed by atoms with E-state index in [0.29, 0.717) is 13.0 Å². The molecular weight excluding hydrogens is 216 g/mol. The summed E-state index contributed by atoms with van der Waals surface area (Å²) in [7, 11) is 1.41. The molecule has 16 heavy (non-hydrogen) atoms. The van der Waals surface area contributed by atoms with Gasteiger partial charge in [0.15, 0.2) is 17.0 Å². The fourth-order valence-electron chi connectivity index (χ4n) is 1.08. The molecule has 0 unspecified atom stereocenters. The van der Waals surface area contributed by atoms with Crippen LogP contribution in [0.25, 0.3) is 0 Å². The summed E-state index contributed by atoms with van der Waals surface area (Å²) in [6, 6.07) is -0.881. The Balaban J connectivity index is 3.97. The Hall–Kier alpha value is -2.06. The molecule has 0 heterocycles. The van der Waals surface area contributed by atoms with Crippen LogP contribution in [0.5, 0.6) is 0 Å². The van der Waals surface area contributed by atoms with Gasteiger partial charge in [-0.3, -0.25) is 10.2 Å². The summed E-state index contributed by atoms with van der Waals surface area (Å²) < 4.78 is 0. The summed E-state index contributed by atoms with van der Waals surface area (Å²) in [6.07, 6.45) is 0.763. The molecule has 0 aliphatic rings. The number of guanidine groups is 1. The molecule has 0 aromatic heterocycles. The second-order valence-electron chi connectivity index (χ2n) is 3.04. The lowest BCUT2D eigenvalue weighted by molar-refractivity contribution is -0.548. The third kappa shape index (κ3) is 6.40. The fourth-order valence-corrected chi connectivity index (χ4v) is 1.08. The van der Waals surface area contributed by atoms with Gasteiger partial charge in [0.1, 0.15) is 0 Å². The number of hydrogen-bond donors (Lipinski definition) is 5. The van der Waals surface area contributed by atoms with Crippen LogP contribution in [0, 0.1) is 15.5 Å². The summed E-state index contributed by atoms with van der Waals surface area (Å²) in [6.45, 7) is 0.391. The van der Waals surface area contributed by atoms with Crippen LogP contribution < -0.4 is 21.8 Å². The maximum atomic E-state index is 11.2. The lowest BCUT2D eigenvalue weighted by Crippen LogP contribution is -2.45. The van der Waals surface area contributed by atoms with E-state index in [1.165, 1.54) is 7.05 Å². The maximum Gasteiger partial charge on any atom is 0.248 e. The van der Waals surface area contributed by atoms with E-state index in [2.05, 4.69) is 10.6 Å². The molecule has 0 aromatic rings. The molecule has 0 radical (unpaired) electrons. The Labute approximate surface area is 92.4 Å². The molecule has 0 bridgehead atoms. The number of carbonyl (C=O) groups excluding carboxylic acids is 1. The normalized spacial score (nSPS) is 11.3. The minimum atomic E-state index is -0.881. The second kappa shape index (κ2) is 7.26. The zero-order valence-electron chi connectivity index (χ0n) is 8.95. The van der Waals surface area contributed by atoms with Crippen LogP contribution in [0.1, 0.15) is 12.8 Å². The summed E-state index contributed by atoms with van der Waals surface area (Å²) in [5, 5.41) is 21.2. The minimum Gasteiger partial charge on any atom is -0.370 e. The number of rotatable bonds is 7. The first-order valence-corrected chi connectivity index (χ1v) is 4.67. The number of carbonyl (C=O) groups is 1. The van der Waals surface area contributed by atoms with Gasteiger partial charge in [-0.2, -0.15) is 0 Å². The molecular formula is C7H16N6O3. The zero-order valence-corrected chi connectivity index (χ0v) is 8.95. The minimum absolute atomic E-state index is 0.168. The quantitative estimate of drug-likeness (QED) is 0.114. The summed E-state index contributed by atoms with van der Waals surface area (Å²) >= 11 is 0. The molecule has 0 saturated heterocycles. The molecule has 0 rings (SSSR count). The highest BCUT2D eigenvalue weighted by molar-refractivity contribution is 5.81. The van der Waals surface area contributed by atoms with Gasteiger partial charge in [-0.05, 0) is 12.8 Å². The van der Waals surface area contributed by atoms with Crippen molar-refractivity contribution in [1.82, 2.24) is 16.1 Å². The summed E-state index contributed by atoms with van der Waals surface area (Å²) in [5.41, 5.74) is 6.96. The van der Waals surface area contributed by atoms with Crippen LogP contribution in [0.4, 0.5) is 0 Å². The maximum absolute atomic E-state index is 11.2. The average Bonchev–Trinajstić information content (AvgIpc) is 2.20.